The molecule has 0 heterocycles. The molecule has 0 unspecified atom stereocenters. The fourth-order valence-corrected chi connectivity index (χ4v) is 0.591. The molecule has 0 amide bonds. The number of carbonyl (C=O) groups is 1. The van der Waals surface area contributed by atoms with Crippen LogP contribution < -0.4 is 0 Å². The topological polar surface area (TPSA) is 26.3 Å². The summed E-state index contributed by atoms with van der Waals surface area (Å²) in [6.07, 6.45) is 1.82. The maximum Gasteiger partial charge on any atom is 0.327 e. The van der Waals surface area contributed by atoms with Gasteiger partial charge in [0.15, 0.2) is 0 Å². The minimum atomic E-state index is -0.296. The van der Waals surface area contributed by atoms with Gasteiger partial charge in [0.25, 0.3) is 0 Å². The van der Waals surface area contributed by atoms with Crippen LogP contribution in [-0.4, -0.2) is 18.0 Å². The van der Waals surface area contributed by atoms with Gasteiger partial charge in [-0.2, -0.15) is 11.8 Å². The Kier molecular flexibility index (Phi) is 4.44. The van der Waals surface area contributed by atoms with Gasteiger partial charge in [0.05, 0.1) is 5.75 Å². The Labute approximate surface area is 52.2 Å². The number of thioether (sulfide) groups is 1. The molecular formula is C3H6O2S2. The first-order valence-electron chi connectivity index (χ1n) is 1.64. The van der Waals surface area contributed by atoms with Crippen molar-refractivity contribution in [3.05, 3.63) is 0 Å². The minimum absolute atomic E-state index is 0.296. The minimum Gasteiger partial charge on any atom is -0.394 e. The third-order valence-corrected chi connectivity index (χ3v) is 1.09. The zero-order valence-electron chi connectivity index (χ0n) is 3.88. The second kappa shape index (κ2) is 4.33. The fraction of sp³-hybridized carbons (Fsp3) is 0.667. The van der Waals surface area contributed by atoms with Crippen molar-refractivity contribution in [2.24, 2.45) is 0 Å². The number of hydrogen-bond acceptors (Lipinski definition) is 4. The lowest BCUT2D eigenvalue weighted by Crippen LogP contribution is -1.98. The molecule has 4 heteroatoms. The van der Waals surface area contributed by atoms with Crippen LogP contribution in [0.15, 0.2) is 0 Å². The summed E-state index contributed by atoms with van der Waals surface area (Å²) in [6.45, 7) is 0. The van der Waals surface area contributed by atoms with E-state index >= 15 is 0 Å². The molecule has 0 aliphatic rings. The molecule has 0 N–H and O–H groups in total. The summed E-state index contributed by atoms with van der Waals surface area (Å²) in [5.74, 6) is 0.0829. The van der Waals surface area contributed by atoms with Crippen LogP contribution in [0.3, 0.4) is 0 Å². The van der Waals surface area contributed by atoms with Crippen molar-refractivity contribution < 1.29 is 8.98 Å². The van der Waals surface area contributed by atoms with Crippen LogP contribution in [0.25, 0.3) is 0 Å². The van der Waals surface area contributed by atoms with Crippen molar-refractivity contribution in [2.75, 3.05) is 12.0 Å². The molecule has 0 aromatic heterocycles. The lowest BCUT2D eigenvalue weighted by Gasteiger charge is -1.88. The van der Waals surface area contributed by atoms with Crippen molar-refractivity contribution in [1.82, 2.24) is 0 Å². The summed E-state index contributed by atoms with van der Waals surface area (Å²) in [5, 5.41) is 0. The summed E-state index contributed by atoms with van der Waals surface area (Å²) in [5.41, 5.74) is 0. The Morgan fingerprint density at radius 2 is 2.57 bits per heavy atom. The van der Waals surface area contributed by atoms with Crippen molar-refractivity contribution in [3.8, 4) is 0 Å². The molecule has 0 atom stereocenters. The highest BCUT2D eigenvalue weighted by Crippen LogP contribution is 1.93. The molecule has 0 bridgehead atoms. The first kappa shape index (κ1) is 7.17. The highest BCUT2D eigenvalue weighted by molar-refractivity contribution is 7.99. The van der Waals surface area contributed by atoms with Gasteiger partial charge < -0.3 is 4.18 Å². The molecule has 2 nitrogen and oxygen atoms in total. The van der Waals surface area contributed by atoms with E-state index in [9.17, 15) is 4.79 Å². The summed E-state index contributed by atoms with van der Waals surface area (Å²) in [7, 11) is 0. The maximum atomic E-state index is 10.1. The lowest BCUT2D eigenvalue weighted by molar-refractivity contribution is -0.129. The summed E-state index contributed by atoms with van der Waals surface area (Å²) in [4.78, 5) is 10.1. The molecule has 7 heavy (non-hydrogen) atoms. The van der Waals surface area contributed by atoms with Crippen LogP contribution >= 0.6 is 24.7 Å². The van der Waals surface area contributed by atoms with Crippen LogP contribution in [0, 0.1) is 0 Å². The zero-order chi connectivity index (χ0) is 5.70. The summed E-state index contributed by atoms with van der Waals surface area (Å²) in [6, 6.07) is 0. The van der Waals surface area contributed by atoms with Crippen molar-refractivity contribution in [1.29, 1.82) is 0 Å². The first-order valence-corrected chi connectivity index (χ1v) is 3.40. The molecule has 0 aromatic carbocycles. The molecule has 0 aliphatic carbocycles. The third-order valence-electron chi connectivity index (χ3n) is 0.364. The highest BCUT2D eigenvalue weighted by atomic mass is 32.2. The van der Waals surface area contributed by atoms with Gasteiger partial charge in [0.2, 0.25) is 0 Å². The Bertz CT molecular complexity index is 64.0. The van der Waals surface area contributed by atoms with Gasteiger partial charge in [0, 0.05) is 12.9 Å². The van der Waals surface area contributed by atoms with Gasteiger partial charge in [-0.15, -0.1) is 0 Å². The van der Waals surface area contributed by atoms with Gasteiger partial charge in [-0.1, -0.05) is 0 Å². The standard InChI is InChI=1S/C3H6O2S2/c1-7-2-3(4)5-6/h6H,2H2,1H3. The normalized spacial score (nSPS) is 8.29. The van der Waals surface area contributed by atoms with Gasteiger partial charge >= 0.3 is 5.97 Å². The predicted octanol–water partition coefficient (Wildman–Crippen LogP) is 0.737. The smallest absolute Gasteiger partial charge is 0.327 e. The molecule has 0 rings (SSSR count). The van der Waals surface area contributed by atoms with Gasteiger partial charge in [0.1, 0.15) is 0 Å². The molecule has 0 aliphatic heterocycles. The van der Waals surface area contributed by atoms with E-state index in [0.717, 1.165) is 0 Å². The zero-order valence-corrected chi connectivity index (χ0v) is 5.59. The summed E-state index contributed by atoms with van der Waals surface area (Å²) < 4.78 is 4.03. The molecule has 0 fully saturated rings. The molecular weight excluding hydrogens is 132 g/mol. The Morgan fingerprint density at radius 1 is 2.00 bits per heavy atom. The van der Waals surface area contributed by atoms with Crippen molar-refractivity contribution in [3.63, 3.8) is 0 Å². The van der Waals surface area contributed by atoms with E-state index < -0.39 is 0 Å². The Balaban J connectivity index is 3.00. The lowest BCUT2D eigenvalue weighted by atomic mass is 10.8. The van der Waals surface area contributed by atoms with Gasteiger partial charge in [-0.3, -0.25) is 4.79 Å². The average Bonchev–Trinajstić information content (AvgIpc) is 1.68. The van der Waals surface area contributed by atoms with E-state index in [4.69, 9.17) is 0 Å². The third kappa shape index (κ3) is 4.01. The predicted molar refractivity (Wildman–Crippen MR) is 33.5 cm³/mol. The van der Waals surface area contributed by atoms with Gasteiger partial charge in [-0.25, -0.2) is 0 Å². The Hall–Kier alpha value is 0.170. The number of hydrogen-bond donors (Lipinski definition) is 1. The second-order valence-corrected chi connectivity index (χ2v) is 1.94. The van der Waals surface area contributed by atoms with E-state index in [2.05, 4.69) is 17.1 Å². The first-order chi connectivity index (χ1) is 3.31. The molecule has 0 saturated heterocycles. The number of rotatable bonds is 2. The van der Waals surface area contributed by atoms with Crippen molar-refractivity contribution in [2.45, 2.75) is 0 Å². The molecule has 42 valence electrons. The quantitative estimate of drug-likeness (QED) is 0.450. The molecule has 0 spiro atoms. The largest absolute Gasteiger partial charge is 0.394 e. The van der Waals surface area contributed by atoms with E-state index in [0.29, 0.717) is 5.75 Å². The van der Waals surface area contributed by atoms with E-state index in [1.807, 2.05) is 6.26 Å². The Morgan fingerprint density at radius 3 is 2.71 bits per heavy atom. The van der Waals surface area contributed by atoms with Crippen LogP contribution in [0.1, 0.15) is 0 Å². The molecule has 0 aromatic rings. The average molecular weight is 138 g/mol. The van der Waals surface area contributed by atoms with Crippen LogP contribution in [0.4, 0.5) is 0 Å². The van der Waals surface area contributed by atoms with E-state index in [-0.39, 0.29) is 5.97 Å². The van der Waals surface area contributed by atoms with E-state index in [1.54, 1.807) is 0 Å². The van der Waals surface area contributed by atoms with Crippen LogP contribution in [0.5, 0.6) is 0 Å². The van der Waals surface area contributed by atoms with Crippen LogP contribution in [0.2, 0.25) is 0 Å². The SMILES string of the molecule is CSCC(=O)OS. The summed E-state index contributed by atoms with van der Waals surface area (Å²) >= 11 is 4.70. The monoisotopic (exact) mass is 138 g/mol. The maximum absolute atomic E-state index is 10.1. The number of thiol groups is 1. The molecule has 0 saturated carbocycles. The number of carbonyl (C=O) groups excluding carboxylic acids is 1. The highest BCUT2D eigenvalue weighted by Gasteiger charge is 1.94. The van der Waals surface area contributed by atoms with Gasteiger partial charge in [-0.05, 0) is 6.26 Å². The van der Waals surface area contributed by atoms with E-state index in [1.165, 1.54) is 11.8 Å². The van der Waals surface area contributed by atoms with Crippen molar-refractivity contribution >= 4 is 30.6 Å². The molecule has 0 radical (unpaired) electrons. The second-order valence-electron chi connectivity index (χ2n) is 0.896. The fourth-order valence-electron chi connectivity index (χ4n) is 0.144. The van der Waals surface area contributed by atoms with Crippen LogP contribution in [-0.2, 0) is 8.98 Å².